The fourth-order valence-corrected chi connectivity index (χ4v) is 3.45. The highest BCUT2D eigenvalue weighted by molar-refractivity contribution is 6.04. The molecule has 0 spiro atoms. The van der Waals surface area contributed by atoms with Crippen LogP contribution in [0, 0.1) is 0 Å². The molecule has 0 atom stereocenters. The summed E-state index contributed by atoms with van der Waals surface area (Å²) in [5.74, 6) is 0.0272. The Morgan fingerprint density at radius 3 is 2.41 bits per heavy atom. The van der Waals surface area contributed by atoms with Crippen LogP contribution in [0.2, 0.25) is 0 Å². The molecule has 4 heteroatoms. The van der Waals surface area contributed by atoms with Gasteiger partial charge in [0.25, 0.3) is 5.91 Å². The van der Waals surface area contributed by atoms with Gasteiger partial charge in [-0.1, -0.05) is 39.8 Å². The number of amides is 2. The minimum atomic E-state index is -0.118. The summed E-state index contributed by atoms with van der Waals surface area (Å²) in [7, 11) is 0. The molecule has 0 radical (unpaired) electrons. The highest BCUT2D eigenvalue weighted by atomic mass is 16.2. The van der Waals surface area contributed by atoms with E-state index in [9.17, 15) is 9.59 Å². The zero-order chi connectivity index (χ0) is 19.6. The largest absolute Gasteiger partial charge is 0.322 e. The van der Waals surface area contributed by atoms with Gasteiger partial charge in [-0.05, 0) is 59.7 Å². The molecule has 1 aliphatic rings. The van der Waals surface area contributed by atoms with Gasteiger partial charge in [-0.2, -0.15) is 0 Å². The van der Waals surface area contributed by atoms with Crippen LogP contribution in [0.3, 0.4) is 0 Å². The number of benzene rings is 2. The van der Waals surface area contributed by atoms with Gasteiger partial charge in [-0.3, -0.25) is 9.59 Å². The van der Waals surface area contributed by atoms with Crippen LogP contribution in [0.4, 0.5) is 11.4 Å². The van der Waals surface area contributed by atoms with Crippen molar-refractivity contribution in [2.75, 3.05) is 16.8 Å². The lowest BCUT2D eigenvalue weighted by Gasteiger charge is -2.29. The van der Waals surface area contributed by atoms with Gasteiger partial charge in [0.15, 0.2) is 0 Å². The molecule has 0 aromatic heterocycles. The topological polar surface area (TPSA) is 49.4 Å². The van der Waals surface area contributed by atoms with Gasteiger partial charge in [-0.25, -0.2) is 0 Å². The van der Waals surface area contributed by atoms with E-state index in [0.29, 0.717) is 12.0 Å². The second-order valence-electron chi connectivity index (χ2n) is 8.13. The van der Waals surface area contributed by atoms with E-state index in [1.807, 2.05) is 54.3 Å². The standard InChI is InChI=1S/C23H28N2O2/c1-5-21(26)25-14-6-7-17-15-19(12-13-20(17)25)24-22(27)16-8-10-18(11-9-16)23(2,3)4/h8-13,15H,5-7,14H2,1-4H3,(H,24,27). The molecule has 2 amide bonds. The highest BCUT2D eigenvalue weighted by Crippen LogP contribution is 2.30. The Hall–Kier alpha value is -2.62. The van der Waals surface area contributed by atoms with Crippen LogP contribution in [0.25, 0.3) is 0 Å². The number of carbonyl (C=O) groups is 2. The minimum Gasteiger partial charge on any atom is -0.322 e. The molecular weight excluding hydrogens is 336 g/mol. The third kappa shape index (κ3) is 4.21. The summed E-state index contributed by atoms with van der Waals surface area (Å²) in [5.41, 5.74) is 4.76. The number of nitrogens with one attached hydrogen (secondary N) is 1. The van der Waals surface area contributed by atoms with E-state index >= 15 is 0 Å². The van der Waals surface area contributed by atoms with Crippen molar-refractivity contribution in [3.05, 3.63) is 59.2 Å². The molecule has 1 N–H and O–H groups in total. The SMILES string of the molecule is CCC(=O)N1CCCc2cc(NC(=O)c3ccc(C(C)(C)C)cc3)ccc21. The maximum absolute atomic E-state index is 12.6. The smallest absolute Gasteiger partial charge is 0.255 e. The lowest BCUT2D eigenvalue weighted by molar-refractivity contribution is -0.118. The summed E-state index contributed by atoms with van der Waals surface area (Å²) in [4.78, 5) is 26.6. The first-order valence-electron chi connectivity index (χ1n) is 9.65. The van der Waals surface area contributed by atoms with E-state index in [2.05, 4.69) is 26.1 Å². The molecule has 27 heavy (non-hydrogen) atoms. The average molecular weight is 364 g/mol. The molecule has 0 unspecified atom stereocenters. The van der Waals surface area contributed by atoms with Crippen molar-refractivity contribution in [1.82, 2.24) is 0 Å². The Morgan fingerprint density at radius 1 is 1.07 bits per heavy atom. The molecule has 2 aromatic carbocycles. The highest BCUT2D eigenvalue weighted by Gasteiger charge is 2.22. The Bertz CT molecular complexity index is 848. The number of nitrogens with zero attached hydrogens (tertiary/aromatic N) is 1. The van der Waals surface area contributed by atoms with Crippen molar-refractivity contribution in [2.45, 2.75) is 52.4 Å². The molecule has 4 nitrogen and oxygen atoms in total. The molecule has 0 aliphatic carbocycles. The summed E-state index contributed by atoms with van der Waals surface area (Å²) in [6.07, 6.45) is 2.37. The molecule has 0 saturated carbocycles. The summed E-state index contributed by atoms with van der Waals surface area (Å²) >= 11 is 0. The molecule has 0 saturated heterocycles. The first-order valence-corrected chi connectivity index (χ1v) is 9.65. The predicted octanol–water partition coefficient (Wildman–Crippen LogP) is 4.93. The van der Waals surface area contributed by atoms with Gasteiger partial charge >= 0.3 is 0 Å². The van der Waals surface area contributed by atoms with Crippen LogP contribution >= 0.6 is 0 Å². The number of hydrogen-bond acceptors (Lipinski definition) is 2. The molecule has 2 aromatic rings. The van der Waals surface area contributed by atoms with Gasteiger partial charge in [0.1, 0.15) is 0 Å². The number of anilines is 2. The van der Waals surface area contributed by atoms with Crippen molar-refractivity contribution in [3.63, 3.8) is 0 Å². The second-order valence-corrected chi connectivity index (χ2v) is 8.13. The van der Waals surface area contributed by atoms with Crippen molar-refractivity contribution in [2.24, 2.45) is 0 Å². The maximum atomic E-state index is 12.6. The Kier molecular flexibility index (Phi) is 5.36. The number of rotatable bonds is 3. The molecule has 1 aliphatic heterocycles. The van der Waals surface area contributed by atoms with Crippen LogP contribution in [0.15, 0.2) is 42.5 Å². The van der Waals surface area contributed by atoms with Crippen molar-refractivity contribution in [1.29, 1.82) is 0 Å². The van der Waals surface area contributed by atoms with Crippen LogP contribution in [0.5, 0.6) is 0 Å². The molecule has 142 valence electrons. The predicted molar refractivity (Wildman–Crippen MR) is 111 cm³/mol. The monoisotopic (exact) mass is 364 g/mol. The van der Waals surface area contributed by atoms with E-state index in [4.69, 9.17) is 0 Å². The number of fused-ring (bicyclic) bond motifs is 1. The lowest BCUT2D eigenvalue weighted by atomic mass is 9.87. The van der Waals surface area contributed by atoms with Crippen LogP contribution < -0.4 is 10.2 Å². The first kappa shape index (κ1) is 19.2. The minimum absolute atomic E-state index is 0.0648. The lowest BCUT2D eigenvalue weighted by Crippen LogP contribution is -2.34. The quantitative estimate of drug-likeness (QED) is 0.840. The zero-order valence-corrected chi connectivity index (χ0v) is 16.6. The number of carbonyl (C=O) groups excluding carboxylic acids is 2. The third-order valence-electron chi connectivity index (χ3n) is 5.07. The normalized spacial score (nSPS) is 13.9. The summed E-state index contributed by atoms with van der Waals surface area (Å²) in [6.45, 7) is 9.12. The van der Waals surface area contributed by atoms with E-state index in [-0.39, 0.29) is 17.2 Å². The number of hydrogen-bond donors (Lipinski definition) is 1. The number of aryl methyl sites for hydroxylation is 1. The van der Waals surface area contributed by atoms with Crippen molar-refractivity contribution < 1.29 is 9.59 Å². The summed E-state index contributed by atoms with van der Waals surface area (Å²) in [5, 5.41) is 2.98. The van der Waals surface area contributed by atoms with Crippen LogP contribution in [-0.2, 0) is 16.6 Å². The van der Waals surface area contributed by atoms with E-state index in [0.717, 1.165) is 36.3 Å². The van der Waals surface area contributed by atoms with Gasteiger partial charge in [0, 0.05) is 29.9 Å². The molecule has 1 heterocycles. The second kappa shape index (κ2) is 7.55. The van der Waals surface area contributed by atoms with Crippen LogP contribution in [0.1, 0.15) is 62.0 Å². The van der Waals surface area contributed by atoms with E-state index in [1.54, 1.807) is 0 Å². The molecule has 3 rings (SSSR count). The Balaban J connectivity index is 1.76. The van der Waals surface area contributed by atoms with Crippen molar-refractivity contribution >= 4 is 23.2 Å². The van der Waals surface area contributed by atoms with Gasteiger partial charge in [0.2, 0.25) is 5.91 Å². The molecular formula is C23H28N2O2. The van der Waals surface area contributed by atoms with E-state index in [1.165, 1.54) is 5.56 Å². The first-order chi connectivity index (χ1) is 12.8. The zero-order valence-electron chi connectivity index (χ0n) is 16.6. The third-order valence-corrected chi connectivity index (χ3v) is 5.07. The summed E-state index contributed by atoms with van der Waals surface area (Å²) < 4.78 is 0. The fourth-order valence-electron chi connectivity index (χ4n) is 3.45. The molecule has 0 bridgehead atoms. The maximum Gasteiger partial charge on any atom is 0.255 e. The van der Waals surface area contributed by atoms with Gasteiger partial charge in [0.05, 0.1) is 0 Å². The Morgan fingerprint density at radius 2 is 1.78 bits per heavy atom. The fraction of sp³-hybridized carbons (Fsp3) is 0.391. The van der Waals surface area contributed by atoms with Crippen molar-refractivity contribution in [3.8, 4) is 0 Å². The van der Waals surface area contributed by atoms with Gasteiger partial charge in [-0.15, -0.1) is 0 Å². The molecule has 0 fully saturated rings. The van der Waals surface area contributed by atoms with E-state index < -0.39 is 0 Å². The summed E-state index contributed by atoms with van der Waals surface area (Å²) in [6, 6.07) is 13.6. The Labute approximate surface area is 161 Å². The average Bonchev–Trinajstić information content (AvgIpc) is 2.66. The van der Waals surface area contributed by atoms with Crippen LogP contribution in [-0.4, -0.2) is 18.4 Å². The van der Waals surface area contributed by atoms with Gasteiger partial charge < -0.3 is 10.2 Å².